The monoisotopic (exact) mass is 358 g/mol. The van der Waals surface area contributed by atoms with Crippen molar-refractivity contribution in [1.29, 1.82) is 0 Å². The van der Waals surface area contributed by atoms with Crippen molar-refractivity contribution >= 4 is 39.9 Å². The van der Waals surface area contributed by atoms with Crippen molar-refractivity contribution in [3.05, 3.63) is 35.9 Å². The quantitative estimate of drug-likeness (QED) is 0.312. The van der Waals surface area contributed by atoms with Crippen LogP contribution in [0.5, 0.6) is 0 Å². The molecule has 0 saturated heterocycles. The molecular formula is C20H31NaO4. The molecule has 0 aliphatic rings. The van der Waals surface area contributed by atoms with E-state index in [1.54, 1.807) is 5.56 Å². The molecular weight excluding hydrogens is 327 g/mol. The molecule has 0 heterocycles. The molecule has 0 spiro atoms. The van der Waals surface area contributed by atoms with Gasteiger partial charge < -0.3 is 10.2 Å². The van der Waals surface area contributed by atoms with Crippen LogP contribution in [-0.2, 0) is 9.59 Å². The minimum absolute atomic E-state index is 0.806. The molecule has 0 aliphatic carbocycles. The predicted molar refractivity (Wildman–Crippen MR) is 102 cm³/mol. The predicted octanol–water partition coefficient (Wildman–Crippen LogP) is 5.04. The Morgan fingerprint density at radius 3 is 1.88 bits per heavy atom. The third-order valence-corrected chi connectivity index (χ3v) is 5.21. The molecule has 0 aromatic heterocycles. The minimum Gasteiger partial charge on any atom is -0.481 e. The molecule has 1 atom stereocenters. The molecule has 0 radical (unpaired) electrons. The van der Waals surface area contributed by atoms with Crippen molar-refractivity contribution in [2.75, 3.05) is 0 Å². The van der Waals surface area contributed by atoms with E-state index in [4.69, 9.17) is 10.2 Å². The van der Waals surface area contributed by atoms with Gasteiger partial charge in [0.05, 0.1) is 0 Å². The summed E-state index contributed by atoms with van der Waals surface area (Å²) in [5.41, 5.74) is 1.57. The van der Waals surface area contributed by atoms with Crippen molar-refractivity contribution in [2.24, 2.45) is 0 Å². The van der Waals surface area contributed by atoms with Crippen LogP contribution in [0.25, 0.3) is 0 Å². The fourth-order valence-corrected chi connectivity index (χ4v) is 3.69. The average molecular weight is 358 g/mol. The standard InChI is InChI=1S/C17H27.C3H4O4.Na/c1-3-4-5-6-7-8-10-13-16(2)17-14-11-9-12-15-17;4-2(5)1-3(6)7;/h9,11-12,14-16H,2-8,10,13H2,1H3;1H2,(H,4,5)(H,6,7);. The van der Waals surface area contributed by atoms with Crippen LogP contribution in [0, 0.1) is 0 Å². The van der Waals surface area contributed by atoms with E-state index < -0.39 is 18.4 Å². The van der Waals surface area contributed by atoms with Gasteiger partial charge in [0.15, 0.2) is 0 Å². The number of hydrogen-bond acceptors (Lipinski definition) is 2. The molecule has 25 heavy (non-hydrogen) atoms. The summed E-state index contributed by atoms with van der Waals surface area (Å²) in [7, 11) is 0. The van der Waals surface area contributed by atoms with Gasteiger partial charge in [0.1, 0.15) is 6.42 Å². The van der Waals surface area contributed by atoms with E-state index in [-0.39, 0.29) is 0 Å². The smallest absolute Gasteiger partial charge is 0.314 e. The molecule has 4 nitrogen and oxygen atoms in total. The Morgan fingerprint density at radius 2 is 1.44 bits per heavy atom. The van der Waals surface area contributed by atoms with Crippen LogP contribution in [0.2, 0.25) is 3.67 Å². The summed E-state index contributed by atoms with van der Waals surface area (Å²) in [6.45, 7) is 2.29. The first-order chi connectivity index (χ1) is 12.0. The summed E-state index contributed by atoms with van der Waals surface area (Å²) in [6, 6.07) is 11.1. The summed E-state index contributed by atoms with van der Waals surface area (Å²) < 4.78 is 1.42. The Bertz CT molecular complexity index is 450. The van der Waals surface area contributed by atoms with E-state index in [0.29, 0.717) is 0 Å². The van der Waals surface area contributed by atoms with E-state index in [0.717, 1.165) is 5.92 Å². The van der Waals surface area contributed by atoms with Gasteiger partial charge in [0, 0.05) is 0 Å². The zero-order valence-electron chi connectivity index (χ0n) is 15.7. The van der Waals surface area contributed by atoms with Gasteiger partial charge in [-0.2, -0.15) is 0 Å². The number of carboxylic acids is 2. The van der Waals surface area contributed by atoms with E-state index in [9.17, 15) is 9.59 Å². The normalized spacial score (nSPS) is 11.3. The molecule has 0 amide bonds. The van der Waals surface area contributed by atoms with Crippen molar-refractivity contribution in [1.82, 2.24) is 0 Å². The van der Waals surface area contributed by atoms with Crippen LogP contribution in [0.15, 0.2) is 30.3 Å². The molecule has 5 heteroatoms. The second-order valence-electron chi connectivity index (χ2n) is 6.39. The fraction of sp³-hybridized carbons (Fsp3) is 0.600. The Morgan fingerprint density at radius 1 is 0.920 bits per heavy atom. The Labute approximate surface area is 169 Å². The Balaban J connectivity index is 0.000000697. The number of hydrogen-bond donors (Lipinski definition) is 2. The van der Waals surface area contributed by atoms with Crippen molar-refractivity contribution in [3.8, 4) is 0 Å². The molecule has 1 aromatic rings. The zero-order chi connectivity index (χ0) is 18.9. The maximum atomic E-state index is 9.43. The van der Waals surface area contributed by atoms with Crippen LogP contribution in [0.1, 0.15) is 76.2 Å². The van der Waals surface area contributed by atoms with Gasteiger partial charge in [-0.1, -0.05) is 0 Å². The molecule has 0 aliphatic heterocycles. The third-order valence-electron chi connectivity index (χ3n) is 4.22. The van der Waals surface area contributed by atoms with Crippen LogP contribution >= 0.6 is 0 Å². The maximum Gasteiger partial charge on any atom is 0.314 e. The first-order valence-electron chi connectivity index (χ1n) is 9.49. The molecule has 0 fully saturated rings. The number of unbranched alkanes of at least 4 members (excludes halogenated alkanes) is 6. The molecule has 136 valence electrons. The first-order valence-corrected chi connectivity index (χ1v) is 10.9. The number of carboxylic acid groups (broad SMARTS) is 2. The topological polar surface area (TPSA) is 74.6 Å². The summed E-state index contributed by atoms with van der Waals surface area (Å²) >= 11 is 1.33. The van der Waals surface area contributed by atoms with Gasteiger partial charge in [-0.3, -0.25) is 9.59 Å². The van der Waals surface area contributed by atoms with Crippen molar-refractivity contribution in [3.63, 3.8) is 0 Å². The van der Waals surface area contributed by atoms with Crippen LogP contribution < -0.4 is 0 Å². The van der Waals surface area contributed by atoms with E-state index in [1.165, 1.54) is 83.0 Å². The molecule has 0 bridgehead atoms. The van der Waals surface area contributed by atoms with Crippen LogP contribution in [0.3, 0.4) is 0 Å². The average Bonchev–Trinajstić information content (AvgIpc) is 2.57. The van der Waals surface area contributed by atoms with Crippen LogP contribution in [0.4, 0.5) is 0 Å². The Kier molecular flexibility index (Phi) is 16.1. The molecule has 1 aromatic carbocycles. The maximum absolute atomic E-state index is 9.43. The van der Waals surface area contributed by atoms with Gasteiger partial charge >= 0.3 is 144 Å². The minimum atomic E-state index is -1.31. The van der Waals surface area contributed by atoms with Gasteiger partial charge in [0.2, 0.25) is 0 Å². The summed E-state index contributed by atoms with van der Waals surface area (Å²) in [6.07, 6.45) is 10.6. The van der Waals surface area contributed by atoms with Crippen LogP contribution in [-0.4, -0.2) is 50.1 Å². The summed E-state index contributed by atoms with van der Waals surface area (Å²) in [5.74, 6) is -1.78. The first kappa shape index (κ1) is 24.2. The zero-order valence-corrected chi connectivity index (χ0v) is 17.7. The molecule has 0 saturated carbocycles. The van der Waals surface area contributed by atoms with Gasteiger partial charge in [-0.05, 0) is 0 Å². The van der Waals surface area contributed by atoms with Gasteiger partial charge in [-0.15, -0.1) is 0 Å². The fourth-order valence-electron chi connectivity index (χ4n) is 2.81. The molecule has 1 rings (SSSR count). The Hall–Kier alpha value is -0.840. The van der Waals surface area contributed by atoms with Crippen molar-refractivity contribution < 1.29 is 19.8 Å². The summed E-state index contributed by atoms with van der Waals surface area (Å²) in [4.78, 5) is 18.9. The van der Waals surface area contributed by atoms with Gasteiger partial charge in [-0.25, -0.2) is 0 Å². The van der Waals surface area contributed by atoms with Gasteiger partial charge in [0.25, 0.3) is 0 Å². The number of benzene rings is 1. The second kappa shape index (κ2) is 16.6. The van der Waals surface area contributed by atoms with E-state index in [2.05, 4.69) is 37.3 Å². The van der Waals surface area contributed by atoms with Crippen molar-refractivity contribution in [2.45, 2.75) is 74.3 Å². The van der Waals surface area contributed by atoms with E-state index >= 15 is 0 Å². The second-order valence-corrected chi connectivity index (χ2v) is 7.21. The number of rotatable bonds is 12. The molecule has 1 unspecified atom stereocenters. The SMILES string of the molecule is CCCCCCCCCC([CH2][Na])c1ccccc1.O=C(O)CC(=O)O. The molecule has 2 N–H and O–H groups in total. The largest absolute Gasteiger partial charge is 0.481 e. The van der Waals surface area contributed by atoms with E-state index in [1.807, 2.05) is 0 Å². The third kappa shape index (κ3) is 15.2. The number of aliphatic carboxylic acids is 2. The summed E-state index contributed by atoms with van der Waals surface area (Å²) in [5, 5.41) is 15.4. The number of carbonyl (C=O) groups is 2.